The number of halogens is 4. The third-order valence-electron chi connectivity index (χ3n) is 5.02. The molecule has 3 amide bonds. The van der Waals surface area contributed by atoms with Gasteiger partial charge < -0.3 is 10.6 Å². The lowest BCUT2D eigenvalue weighted by Gasteiger charge is -2.13. The number of anilines is 2. The fourth-order valence-corrected chi connectivity index (χ4v) is 4.08. The summed E-state index contributed by atoms with van der Waals surface area (Å²) < 4.78 is 1.20. The zero-order valence-corrected chi connectivity index (χ0v) is 21.0. The van der Waals surface area contributed by atoms with Crippen LogP contribution >= 0.6 is 46.4 Å². The Kier molecular flexibility index (Phi) is 7.23. The lowest BCUT2D eigenvalue weighted by molar-refractivity contribution is -0.133. The Morgan fingerprint density at radius 3 is 2.17 bits per heavy atom. The summed E-state index contributed by atoms with van der Waals surface area (Å²) in [5.41, 5.74) is 4.43. The average Bonchev–Trinajstić information content (AvgIpc) is 3.15. The molecule has 7 nitrogen and oxygen atoms in total. The number of hydrogen-bond acceptors (Lipinski definition) is 3. The first-order chi connectivity index (χ1) is 16.6. The van der Waals surface area contributed by atoms with Gasteiger partial charge in [-0.05, 0) is 67.1 Å². The van der Waals surface area contributed by atoms with Crippen LogP contribution in [0.3, 0.4) is 0 Å². The highest BCUT2D eigenvalue weighted by Gasteiger charge is 2.22. The van der Waals surface area contributed by atoms with E-state index in [9.17, 15) is 14.4 Å². The van der Waals surface area contributed by atoms with E-state index in [1.54, 1.807) is 42.5 Å². The van der Waals surface area contributed by atoms with E-state index in [2.05, 4.69) is 16.1 Å². The van der Waals surface area contributed by atoms with E-state index in [4.69, 9.17) is 46.4 Å². The summed E-state index contributed by atoms with van der Waals surface area (Å²) >= 11 is 24.3. The molecule has 3 aromatic carbocycles. The van der Waals surface area contributed by atoms with Gasteiger partial charge in [0.25, 0.3) is 5.91 Å². The molecular formula is C24H16Cl4N4O3. The van der Waals surface area contributed by atoms with E-state index in [1.807, 2.05) is 6.92 Å². The molecule has 0 aliphatic rings. The number of fused-ring (bicyclic) bond motifs is 1. The van der Waals surface area contributed by atoms with Crippen LogP contribution in [-0.4, -0.2) is 22.4 Å². The van der Waals surface area contributed by atoms with Crippen LogP contribution in [0.2, 0.25) is 20.1 Å². The standard InChI is InChI=1S/C24H16Cl4N4O3/c1-12-2-5-16(11-17(12)27)29-23(34)24(35)31-32-20-7-4-14(25)8-13(20)9-21(32)22(33)30-19-6-3-15(26)10-18(19)28/h2-11H,1H3,(H,29,34)(H,30,33)(H,31,35). The third-order valence-corrected chi connectivity index (χ3v) is 6.21. The Morgan fingerprint density at radius 1 is 0.743 bits per heavy atom. The summed E-state index contributed by atoms with van der Waals surface area (Å²) in [6.07, 6.45) is 0. The van der Waals surface area contributed by atoms with Gasteiger partial charge in [-0.3, -0.25) is 19.8 Å². The van der Waals surface area contributed by atoms with Crippen LogP contribution < -0.4 is 16.1 Å². The molecule has 1 aromatic heterocycles. The fraction of sp³-hybridized carbons (Fsp3) is 0.0417. The zero-order chi connectivity index (χ0) is 25.3. The molecule has 0 aliphatic carbocycles. The van der Waals surface area contributed by atoms with Crippen LogP contribution in [0.5, 0.6) is 0 Å². The molecule has 35 heavy (non-hydrogen) atoms. The summed E-state index contributed by atoms with van der Waals surface area (Å²) in [7, 11) is 0. The number of hydrogen-bond donors (Lipinski definition) is 3. The lowest BCUT2D eigenvalue weighted by atomic mass is 10.2. The van der Waals surface area contributed by atoms with Crippen molar-refractivity contribution >= 4 is 86.4 Å². The molecule has 0 aliphatic heterocycles. The van der Waals surface area contributed by atoms with Crippen LogP contribution in [-0.2, 0) is 9.59 Å². The Morgan fingerprint density at radius 2 is 1.46 bits per heavy atom. The number of nitrogens with one attached hydrogen (secondary N) is 3. The number of aromatic nitrogens is 1. The van der Waals surface area contributed by atoms with Gasteiger partial charge in [0.2, 0.25) is 0 Å². The normalized spacial score (nSPS) is 10.8. The van der Waals surface area contributed by atoms with Gasteiger partial charge in [0.1, 0.15) is 5.69 Å². The number of carbonyl (C=O) groups excluding carboxylic acids is 3. The summed E-state index contributed by atoms with van der Waals surface area (Å²) in [6.45, 7) is 1.81. The number of nitrogens with zero attached hydrogens (tertiary/aromatic N) is 1. The molecule has 4 rings (SSSR count). The topological polar surface area (TPSA) is 92.2 Å². The van der Waals surface area contributed by atoms with Gasteiger partial charge >= 0.3 is 11.8 Å². The third kappa shape index (κ3) is 5.55. The smallest absolute Gasteiger partial charge is 0.319 e. The van der Waals surface area contributed by atoms with Gasteiger partial charge in [-0.25, -0.2) is 4.68 Å². The number of amides is 3. The molecule has 0 spiro atoms. The molecule has 0 unspecified atom stereocenters. The lowest BCUT2D eigenvalue weighted by Crippen LogP contribution is -2.36. The first-order valence-electron chi connectivity index (χ1n) is 10.1. The van der Waals surface area contributed by atoms with Crippen molar-refractivity contribution in [3.63, 3.8) is 0 Å². The molecule has 11 heteroatoms. The monoisotopic (exact) mass is 548 g/mol. The Labute approximate surface area is 219 Å². The molecule has 0 atom stereocenters. The fourth-order valence-electron chi connectivity index (χ4n) is 3.26. The Balaban J connectivity index is 1.63. The van der Waals surface area contributed by atoms with Crippen molar-refractivity contribution in [2.24, 2.45) is 0 Å². The summed E-state index contributed by atoms with van der Waals surface area (Å²) in [6, 6.07) is 15.8. The first-order valence-corrected chi connectivity index (χ1v) is 11.6. The quantitative estimate of drug-likeness (QED) is 0.253. The van der Waals surface area contributed by atoms with Crippen LogP contribution in [0.1, 0.15) is 16.1 Å². The van der Waals surface area contributed by atoms with E-state index in [1.165, 1.54) is 22.9 Å². The van der Waals surface area contributed by atoms with Gasteiger partial charge in [0.15, 0.2) is 0 Å². The number of carbonyl (C=O) groups is 3. The molecule has 0 saturated heterocycles. The molecule has 1 heterocycles. The molecule has 3 N–H and O–H groups in total. The average molecular weight is 550 g/mol. The minimum atomic E-state index is -1.01. The van der Waals surface area contributed by atoms with Crippen LogP contribution in [0.4, 0.5) is 11.4 Å². The van der Waals surface area contributed by atoms with Crippen LogP contribution in [0, 0.1) is 6.92 Å². The minimum absolute atomic E-state index is 0.0350. The predicted molar refractivity (Wildman–Crippen MR) is 141 cm³/mol. The van der Waals surface area contributed by atoms with Gasteiger partial charge in [0, 0.05) is 26.1 Å². The highest BCUT2D eigenvalue weighted by Crippen LogP contribution is 2.28. The molecular weight excluding hydrogens is 534 g/mol. The summed E-state index contributed by atoms with van der Waals surface area (Å²) in [5, 5.41) is 7.23. The van der Waals surface area contributed by atoms with Crippen molar-refractivity contribution < 1.29 is 14.4 Å². The Bertz CT molecular complexity index is 1500. The van der Waals surface area contributed by atoms with Gasteiger partial charge in [-0.1, -0.05) is 52.5 Å². The Hall–Kier alpha value is -3.23. The highest BCUT2D eigenvalue weighted by atomic mass is 35.5. The number of aryl methyl sites for hydroxylation is 1. The van der Waals surface area contributed by atoms with Crippen LogP contribution in [0.15, 0.2) is 60.7 Å². The van der Waals surface area contributed by atoms with Crippen LogP contribution in [0.25, 0.3) is 10.9 Å². The highest BCUT2D eigenvalue weighted by molar-refractivity contribution is 6.43. The maximum atomic E-state index is 13.1. The molecule has 4 aromatic rings. The number of rotatable bonds is 4. The molecule has 178 valence electrons. The zero-order valence-electron chi connectivity index (χ0n) is 18.0. The van der Waals surface area contributed by atoms with Crippen molar-refractivity contribution in [1.29, 1.82) is 0 Å². The minimum Gasteiger partial charge on any atom is -0.319 e. The first kappa shape index (κ1) is 24.9. The van der Waals surface area contributed by atoms with E-state index in [0.717, 1.165) is 5.56 Å². The van der Waals surface area contributed by atoms with Crippen molar-refractivity contribution in [2.75, 3.05) is 16.1 Å². The molecule has 0 fully saturated rings. The van der Waals surface area contributed by atoms with Crippen molar-refractivity contribution in [1.82, 2.24) is 4.68 Å². The van der Waals surface area contributed by atoms with Crippen molar-refractivity contribution in [3.8, 4) is 0 Å². The summed E-state index contributed by atoms with van der Waals surface area (Å²) in [5.74, 6) is -2.55. The van der Waals surface area contributed by atoms with Gasteiger partial charge in [-0.15, -0.1) is 0 Å². The second-order valence-electron chi connectivity index (χ2n) is 7.51. The van der Waals surface area contributed by atoms with Gasteiger partial charge in [-0.2, -0.15) is 0 Å². The second-order valence-corrected chi connectivity index (χ2v) is 9.19. The number of benzene rings is 3. The molecule has 0 saturated carbocycles. The van der Waals surface area contributed by atoms with Crippen molar-refractivity contribution in [3.05, 3.63) is 92.0 Å². The SMILES string of the molecule is Cc1ccc(NC(=O)C(=O)Nn2c(C(=O)Nc3ccc(Cl)cc3Cl)cc3cc(Cl)ccc32)cc1Cl. The molecule has 0 bridgehead atoms. The molecule has 0 radical (unpaired) electrons. The van der Waals surface area contributed by atoms with E-state index >= 15 is 0 Å². The van der Waals surface area contributed by atoms with E-state index < -0.39 is 17.7 Å². The largest absolute Gasteiger partial charge is 0.328 e. The predicted octanol–water partition coefficient (Wildman–Crippen LogP) is 6.52. The van der Waals surface area contributed by atoms with E-state index in [0.29, 0.717) is 37.3 Å². The maximum Gasteiger partial charge on any atom is 0.328 e. The van der Waals surface area contributed by atoms with Gasteiger partial charge in [0.05, 0.1) is 16.2 Å². The maximum absolute atomic E-state index is 13.1. The summed E-state index contributed by atoms with van der Waals surface area (Å²) in [4.78, 5) is 38.4. The second kappa shape index (κ2) is 10.2. The van der Waals surface area contributed by atoms with Crippen molar-refractivity contribution in [2.45, 2.75) is 6.92 Å². The van der Waals surface area contributed by atoms with E-state index in [-0.39, 0.29) is 10.7 Å².